The molecule has 0 aromatic carbocycles. The van der Waals surface area contributed by atoms with Crippen LogP contribution < -0.4 is 5.32 Å². The van der Waals surface area contributed by atoms with Gasteiger partial charge in [-0.25, -0.2) is 9.97 Å². The summed E-state index contributed by atoms with van der Waals surface area (Å²) in [6, 6.07) is 3.73. The van der Waals surface area contributed by atoms with Crippen LogP contribution in [0.2, 0.25) is 0 Å². The number of nitrogens with zero attached hydrogens (tertiary/aromatic N) is 4. The monoisotopic (exact) mass is 379 g/mol. The van der Waals surface area contributed by atoms with Gasteiger partial charge in [0.2, 0.25) is 0 Å². The van der Waals surface area contributed by atoms with Gasteiger partial charge in [0, 0.05) is 35.8 Å². The molecule has 2 aromatic heterocycles. The predicted molar refractivity (Wildman–Crippen MR) is 98.4 cm³/mol. The van der Waals surface area contributed by atoms with Crippen molar-refractivity contribution >= 4 is 5.82 Å². The molecule has 8 heteroatoms. The van der Waals surface area contributed by atoms with Crippen LogP contribution in [-0.4, -0.2) is 52.2 Å². The van der Waals surface area contributed by atoms with E-state index in [0.29, 0.717) is 31.4 Å². The van der Waals surface area contributed by atoms with Crippen LogP contribution in [0, 0.1) is 19.8 Å². The number of likely N-dealkylation sites (tertiary alicyclic amines) is 1. The summed E-state index contributed by atoms with van der Waals surface area (Å²) in [5, 5.41) is 3.39. The highest BCUT2D eigenvalue weighted by Gasteiger charge is 2.32. The van der Waals surface area contributed by atoms with Gasteiger partial charge in [0.15, 0.2) is 5.82 Å². The number of pyridine rings is 1. The lowest BCUT2D eigenvalue weighted by Gasteiger charge is -2.32. The number of aromatic nitrogens is 3. The van der Waals surface area contributed by atoms with E-state index in [0.717, 1.165) is 35.5 Å². The number of aryl methyl sites for hydroxylation is 1. The first-order chi connectivity index (χ1) is 12.8. The largest absolute Gasteiger partial charge is 0.401 e. The van der Waals surface area contributed by atoms with Gasteiger partial charge in [-0.1, -0.05) is 0 Å². The van der Waals surface area contributed by atoms with Gasteiger partial charge in [-0.15, -0.1) is 0 Å². The van der Waals surface area contributed by atoms with Crippen molar-refractivity contribution in [1.82, 2.24) is 19.9 Å². The molecular formula is C19H24F3N5. The molecule has 0 saturated carbocycles. The number of nitrogens with one attached hydrogen (secondary N) is 1. The van der Waals surface area contributed by atoms with Gasteiger partial charge in [0.05, 0.1) is 6.54 Å². The van der Waals surface area contributed by atoms with Crippen molar-refractivity contribution in [2.24, 2.45) is 5.92 Å². The molecule has 0 bridgehead atoms. The molecule has 1 fully saturated rings. The van der Waals surface area contributed by atoms with Gasteiger partial charge in [-0.2, -0.15) is 13.2 Å². The normalized spacial score (nSPS) is 16.5. The van der Waals surface area contributed by atoms with E-state index in [1.165, 1.54) is 4.90 Å². The summed E-state index contributed by atoms with van der Waals surface area (Å²) in [5.41, 5.74) is 2.79. The number of alkyl halides is 3. The van der Waals surface area contributed by atoms with Gasteiger partial charge < -0.3 is 5.32 Å². The fourth-order valence-corrected chi connectivity index (χ4v) is 3.27. The average Bonchev–Trinajstić information content (AvgIpc) is 2.63. The molecule has 1 aliphatic heterocycles. The Kier molecular flexibility index (Phi) is 5.94. The van der Waals surface area contributed by atoms with E-state index in [1.54, 1.807) is 12.4 Å². The maximum atomic E-state index is 12.5. The third kappa shape index (κ3) is 5.38. The first-order valence-electron chi connectivity index (χ1n) is 9.10. The minimum absolute atomic E-state index is 0.341. The molecule has 1 saturated heterocycles. The SMILES string of the molecule is Cc1nc(-c2ccncc2)nc(NCC2CCN(CC(F)(F)F)CC2)c1C. The molecule has 1 aliphatic rings. The van der Waals surface area contributed by atoms with Crippen LogP contribution in [-0.2, 0) is 0 Å². The van der Waals surface area contributed by atoms with E-state index in [9.17, 15) is 13.2 Å². The van der Waals surface area contributed by atoms with Crippen molar-refractivity contribution in [2.45, 2.75) is 32.9 Å². The highest BCUT2D eigenvalue weighted by atomic mass is 19.4. The summed E-state index contributed by atoms with van der Waals surface area (Å²) in [6.07, 6.45) is 0.794. The maximum Gasteiger partial charge on any atom is 0.401 e. The van der Waals surface area contributed by atoms with Crippen molar-refractivity contribution in [3.8, 4) is 11.4 Å². The van der Waals surface area contributed by atoms with E-state index in [2.05, 4.69) is 20.3 Å². The second-order valence-corrected chi connectivity index (χ2v) is 7.06. The lowest BCUT2D eigenvalue weighted by molar-refractivity contribution is -0.148. The molecule has 27 heavy (non-hydrogen) atoms. The van der Waals surface area contributed by atoms with E-state index in [1.807, 2.05) is 26.0 Å². The standard InChI is InChI=1S/C19H24F3N5/c1-13-14(2)25-18(16-3-7-23-8-4-16)26-17(13)24-11-15-5-9-27(10-6-15)12-19(20,21)22/h3-4,7-8,15H,5-6,9-12H2,1-2H3,(H,24,25,26). The number of halogens is 3. The Morgan fingerprint density at radius 2 is 1.78 bits per heavy atom. The highest BCUT2D eigenvalue weighted by molar-refractivity contribution is 5.59. The lowest BCUT2D eigenvalue weighted by Crippen LogP contribution is -2.41. The fourth-order valence-electron chi connectivity index (χ4n) is 3.27. The van der Waals surface area contributed by atoms with Crippen LogP contribution in [0.4, 0.5) is 19.0 Å². The molecule has 5 nitrogen and oxygen atoms in total. The average molecular weight is 379 g/mol. The van der Waals surface area contributed by atoms with Gasteiger partial charge in [0.1, 0.15) is 5.82 Å². The molecule has 0 spiro atoms. The van der Waals surface area contributed by atoms with Gasteiger partial charge in [0.25, 0.3) is 0 Å². The zero-order valence-electron chi connectivity index (χ0n) is 15.6. The van der Waals surface area contributed by atoms with Gasteiger partial charge in [-0.3, -0.25) is 9.88 Å². The summed E-state index contributed by atoms with van der Waals surface area (Å²) in [6.45, 7) is 4.77. The molecule has 3 rings (SSSR count). The summed E-state index contributed by atoms with van der Waals surface area (Å²) in [7, 11) is 0. The van der Waals surface area contributed by atoms with Crippen molar-refractivity contribution in [3.05, 3.63) is 35.8 Å². The Morgan fingerprint density at radius 3 is 2.41 bits per heavy atom. The Balaban J connectivity index is 1.61. The van der Waals surface area contributed by atoms with Gasteiger partial charge in [-0.05, 0) is 57.8 Å². The van der Waals surface area contributed by atoms with Crippen molar-refractivity contribution in [1.29, 1.82) is 0 Å². The molecule has 0 unspecified atom stereocenters. The lowest BCUT2D eigenvalue weighted by atomic mass is 9.96. The smallest absolute Gasteiger partial charge is 0.369 e. The highest BCUT2D eigenvalue weighted by Crippen LogP contribution is 2.25. The van der Waals surface area contributed by atoms with Crippen LogP contribution >= 0.6 is 0 Å². The van der Waals surface area contributed by atoms with Crippen molar-refractivity contribution in [2.75, 3.05) is 31.5 Å². The summed E-state index contributed by atoms with van der Waals surface area (Å²) in [5.74, 6) is 1.77. The third-order valence-corrected chi connectivity index (χ3v) is 5.00. The first-order valence-corrected chi connectivity index (χ1v) is 9.10. The molecule has 1 N–H and O–H groups in total. The maximum absolute atomic E-state index is 12.5. The van der Waals surface area contributed by atoms with Crippen LogP contribution in [0.25, 0.3) is 11.4 Å². The van der Waals surface area contributed by atoms with Crippen LogP contribution in [0.5, 0.6) is 0 Å². The molecule has 0 amide bonds. The second kappa shape index (κ2) is 8.21. The Bertz CT molecular complexity index is 756. The zero-order chi connectivity index (χ0) is 19.4. The quantitative estimate of drug-likeness (QED) is 0.855. The van der Waals surface area contributed by atoms with E-state index in [4.69, 9.17) is 0 Å². The number of hydrogen-bond donors (Lipinski definition) is 1. The summed E-state index contributed by atoms with van der Waals surface area (Å²) in [4.78, 5) is 14.7. The van der Waals surface area contributed by atoms with E-state index < -0.39 is 12.7 Å². The summed E-state index contributed by atoms with van der Waals surface area (Å²) < 4.78 is 37.5. The number of hydrogen-bond acceptors (Lipinski definition) is 5. The van der Waals surface area contributed by atoms with Gasteiger partial charge >= 0.3 is 6.18 Å². The van der Waals surface area contributed by atoms with E-state index >= 15 is 0 Å². The minimum atomic E-state index is -4.12. The molecule has 0 atom stereocenters. The summed E-state index contributed by atoms with van der Waals surface area (Å²) >= 11 is 0. The Morgan fingerprint density at radius 1 is 1.11 bits per heavy atom. The van der Waals surface area contributed by atoms with Crippen LogP contribution in [0.3, 0.4) is 0 Å². The second-order valence-electron chi connectivity index (χ2n) is 7.06. The molecule has 0 radical (unpaired) electrons. The zero-order valence-corrected chi connectivity index (χ0v) is 15.6. The number of anilines is 1. The number of piperidine rings is 1. The fraction of sp³-hybridized carbons (Fsp3) is 0.526. The molecule has 0 aliphatic carbocycles. The molecular weight excluding hydrogens is 355 g/mol. The van der Waals surface area contributed by atoms with Crippen LogP contribution in [0.15, 0.2) is 24.5 Å². The Hall–Kier alpha value is -2.22. The predicted octanol–water partition coefficient (Wildman–Crippen LogP) is 3.84. The number of rotatable bonds is 5. The third-order valence-electron chi connectivity index (χ3n) is 5.00. The van der Waals surface area contributed by atoms with Crippen molar-refractivity contribution < 1.29 is 13.2 Å². The Labute approximate surface area is 157 Å². The van der Waals surface area contributed by atoms with E-state index in [-0.39, 0.29) is 0 Å². The molecule has 146 valence electrons. The minimum Gasteiger partial charge on any atom is -0.369 e. The molecule has 3 heterocycles. The molecule has 2 aromatic rings. The van der Waals surface area contributed by atoms with Crippen molar-refractivity contribution in [3.63, 3.8) is 0 Å². The topological polar surface area (TPSA) is 53.9 Å². The van der Waals surface area contributed by atoms with Crippen LogP contribution in [0.1, 0.15) is 24.1 Å². The first kappa shape index (κ1) is 19.5.